The number of hydrogen-bond donors (Lipinski definition) is 1. The van der Waals surface area contributed by atoms with Crippen LogP contribution in [0.15, 0.2) is 42.5 Å². The molecular formula is C15H11ClN2O2. The van der Waals surface area contributed by atoms with E-state index < -0.39 is 0 Å². The first-order valence-electron chi connectivity index (χ1n) is 5.79. The molecule has 0 bridgehead atoms. The first kappa shape index (κ1) is 13.9. The molecule has 100 valence electrons. The van der Waals surface area contributed by atoms with Crippen molar-refractivity contribution in [1.82, 2.24) is 0 Å². The van der Waals surface area contributed by atoms with Gasteiger partial charge in [0.25, 0.3) is 5.91 Å². The Morgan fingerprint density at radius 3 is 2.80 bits per heavy atom. The van der Waals surface area contributed by atoms with Crippen LogP contribution in [-0.4, -0.2) is 13.0 Å². The predicted octanol–water partition coefficient (Wildman–Crippen LogP) is 3.47. The first-order chi connectivity index (χ1) is 9.63. The summed E-state index contributed by atoms with van der Waals surface area (Å²) in [4.78, 5) is 12.1. The van der Waals surface area contributed by atoms with Gasteiger partial charge in [-0.15, -0.1) is 0 Å². The van der Waals surface area contributed by atoms with E-state index in [9.17, 15) is 4.79 Å². The number of amides is 1. The van der Waals surface area contributed by atoms with Gasteiger partial charge in [-0.05, 0) is 36.4 Å². The molecule has 2 aromatic carbocycles. The zero-order chi connectivity index (χ0) is 14.5. The van der Waals surface area contributed by atoms with Crippen molar-refractivity contribution in [3.05, 3.63) is 58.6 Å². The number of carbonyl (C=O) groups is 1. The minimum Gasteiger partial charge on any atom is -0.497 e. The Labute approximate surface area is 121 Å². The summed E-state index contributed by atoms with van der Waals surface area (Å²) in [5, 5.41) is 11.9. The summed E-state index contributed by atoms with van der Waals surface area (Å²) in [6, 6.07) is 13.4. The topological polar surface area (TPSA) is 62.1 Å². The lowest BCUT2D eigenvalue weighted by Gasteiger charge is -2.08. The molecule has 1 N–H and O–H groups in total. The fourth-order valence-corrected chi connectivity index (χ4v) is 1.81. The number of methoxy groups -OCH3 is 1. The van der Waals surface area contributed by atoms with E-state index in [0.717, 1.165) is 0 Å². The van der Waals surface area contributed by atoms with Crippen molar-refractivity contribution in [3.8, 4) is 11.8 Å². The zero-order valence-electron chi connectivity index (χ0n) is 10.7. The molecule has 0 spiro atoms. The summed E-state index contributed by atoms with van der Waals surface area (Å²) in [6.45, 7) is 0. The Balaban J connectivity index is 2.25. The molecule has 0 heterocycles. The molecule has 0 unspecified atom stereocenters. The summed E-state index contributed by atoms with van der Waals surface area (Å²) in [6.07, 6.45) is 0. The molecule has 5 heteroatoms. The fourth-order valence-electron chi connectivity index (χ4n) is 1.65. The van der Waals surface area contributed by atoms with Gasteiger partial charge in [0.05, 0.1) is 29.5 Å². The molecule has 2 aromatic rings. The number of halogens is 1. The average molecular weight is 287 g/mol. The molecule has 0 aliphatic carbocycles. The second-order valence-electron chi connectivity index (χ2n) is 3.99. The van der Waals surface area contributed by atoms with Gasteiger partial charge in [0.15, 0.2) is 0 Å². The Bertz CT molecular complexity index is 693. The van der Waals surface area contributed by atoms with E-state index in [1.54, 1.807) is 36.4 Å². The monoisotopic (exact) mass is 286 g/mol. The van der Waals surface area contributed by atoms with Crippen molar-refractivity contribution in [3.63, 3.8) is 0 Å². The van der Waals surface area contributed by atoms with E-state index in [1.165, 1.54) is 13.2 Å². The van der Waals surface area contributed by atoms with Crippen molar-refractivity contribution >= 4 is 23.2 Å². The molecule has 0 saturated carbocycles. The van der Waals surface area contributed by atoms with Crippen LogP contribution in [0.2, 0.25) is 5.02 Å². The van der Waals surface area contributed by atoms with Crippen molar-refractivity contribution in [2.45, 2.75) is 0 Å². The van der Waals surface area contributed by atoms with Gasteiger partial charge in [-0.3, -0.25) is 4.79 Å². The highest BCUT2D eigenvalue weighted by Gasteiger charge is 2.10. The van der Waals surface area contributed by atoms with Gasteiger partial charge < -0.3 is 10.1 Å². The van der Waals surface area contributed by atoms with Crippen LogP contribution in [0.3, 0.4) is 0 Å². The summed E-state index contributed by atoms with van der Waals surface area (Å²) in [7, 11) is 1.53. The van der Waals surface area contributed by atoms with Crippen LogP contribution in [-0.2, 0) is 0 Å². The number of rotatable bonds is 3. The Kier molecular flexibility index (Phi) is 4.24. The van der Waals surface area contributed by atoms with Gasteiger partial charge in [-0.2, -0.15) is 5.26 Å². The van der Waals surface area contributed by atoms with E-state index in [0.29, 0.717) is 27.6 Å². The minimum absolute atomic E-state index is 0.319. The number of carbonyl (C=O) groups excluding carboxylic acids is 1. The summed E-state index contributed by atoms with van der Waals surface area (Å²) in [5.74, 6) is 0.274. The number of nitrogens with one attached hydrogen (secondary N) is 1. The third-order valence-corrected chi connectivity index (χ3v) is 3.01. The SMILES string of the molecule is COc1cccc(C(=O)Nc2cc(C#N)ccc2Cl)c1. The lowest BCUT2D eigenvalue weighted by Crippen LogP contribution is -2.12. The van der Waals surface area contributed by atoms with Crippen LogP contribution in [0.5, 0.6) is 5.75 Å². The third-order valence-electron chi connectivity index (χ3n) is 2.68. The van der Waals surface area contributed by atoms with E-state index in [4.69, 9.17) is 21.6 Å². The highest BCUT2D eigenvalue weighted by molar-refractivity contribution is 6.34. The lowest BCUT2D eigenvalue weighted by atomic mass is 10.1. The third kappa shape index (κ3) is 3.08. The van der Waals surface area contributed by atoms with Gasteiger partial charge in [0.1, 0.15) is 5.75 Å². The molecule has 0 fully saturated rings. The molecule has 0 atom stereocenters. The highest BCUT2D eigenvalue weighted by atomic mass is 35.5. The standard InChI is InChI=1S/C15H11ClN2O2/c1-20-12-4-2-3-11(8-12)15(19)18-14-7-10(9-17)5-6-13(14)16/h2-8H,1H3,(H,18,19). The quantitative estimate of drug-likeness (QED) is 0.939. The summed E-state index contributed by atoms with van der Waals surface area (Å²) >= 11 is 5.99. The summed E-state index contributed by atoms with van der Waals surface area (Å²) in [5.41, 5.74) is 1.27. The number of nitrogens with zero attached hydrogens (tertiary/aromatic N) is 1. The molecular weight excluding hydrogens is 276 g/mol. The average Bonchev–Trinajstić information content (AvgIpc) is 2.49. The van der Waals surface area contributed by atoms with Crippen LogP contribution >= 0.6 is 11.6 Å². The molecule has 2 rings (SSSR count). The van der Waals surface area contributed by atoms with Gasteiger partial charge >= 0.3 is 0 Å². The predicted molar refractivity (Wildman–Crippen MR) is 77.1 cm³/mol. The summed E-state index contributed by atoms with van der Waals surface area (Å²) < 4.78 is 5.07. The Hall–Kier alpha value is -2.51. The van der Waals surface area contributed by atoms with Gasteiger partial charge in [0.2, 0.25) is 0 Å². The Morgan fingerprint density at radius 2 is 2.10 bits per heavy atom. The minimum atomic E-state index is -0.319. The second-order valence-corrected chi connectivity index (χ2v) is 4.40. The smallest absolute Gasteiger partial charge is 0.255 e. The maximum absolute atomic E-state index is 12.1. The van der Waals surface area contributed by atoms with Crippen molar-refractivity contribution in [2.24, 2.45) is 0 Å². The fraction of sp³-hybridized carbons (Fsp3) is 0.0667. The Morgan fingerprint density at radius 1 is 1.30 bits per heavy atom. The van der Waals surface area contributed by atoms with E-state index in [2.05, 4.69) is 5.32 Å². The maximum Gasteiger partial charge on any atom is 0.255 e. The normalized spacial score (nSPS) is 9.65. The molecule has 0 aromatic heterocycles. The van der Waals surface area contributed by atoms with Gasteiger partial charge in [0, 0.05) is 5.56 Å². The van der Waals surface area contributed by atoms with Crippen LogP contribution in [0.25, 0.3) is 0 Å². The number of anilines is 1. The van der Waals surface area contributed by atoms with Crippen LogP contribution in [0, 0.1) is 11.3 Å². The molecule has 1 amide bonds. The van der Waals surface area contributed by atoms with Crippen LogP contribution in [0.1, 0.15) is 15.9 Å². The number of nitriles is 1. The zero-order valence-corrected chi connectivity index (χ0v) is 11.4. The second kappa shape index (κ2) is 6.09. The van der Waals surface area contributed by atoms with Crippen molar-refractivity contribution in [2.75, 3.05) is 12.4 Å². The van der Waals surface area contributed by atoms with E-state index in [1.807, 2.05) is 6.07 Å². The van der Waals surface area contributed by atoms with Crippen LogP contribution in [0.4, 0.5) is 5.69 Å². The number of ether oxygens (including phenoxy) is 1. The van der Waals surface area contributed by atoms with E-state index in [-0.39, 0.29) is 5.91 Å². The van der Waals surface area contributed by atoms with Gasteiger partial charge in [-0.25, -0.2) is 0 Å². The largest absolute Gasteiger partial charge is 0.497 e. The molecule has 0 aliphatic heterocycles. The van der Waals surface area contributed by atoms with Crippen molar-refractivity contribution in [1.29, 1.82) is 5.26 Å². The van der Waals surface area contributed by atoms with Gasteiger partial charge in [-0.1, -0.05) is 17.7 Å². The molecule has 20 heavy (non-hydrogen) atoms. The lowest BCUT2D eigenvalue weighted by molar-refractivity contribution is 0.102. The van der Waals surface area contributed by atoms with Crippen LogP contribution < -0.4 is 10.1 Å². The molecule has 0 radical (unpaired) electrons. The molecule has 4 nitrogen and oxygen atoms in total. The van der Waals surface area contributed by atoms with E-state index >= 15 is 0 Å². The first-order valence-corrected chi connectivity index (χ1v) is 6.17. The van der Waals surface area contributed by atoms with Crippen molar-refractivity contribution < 1.29 is 9.53 Å². The maximum atomic E-state index is 12.1. The number of benzene rings is 2. The highest BCUT2D eigenvalue weighted by Crippen LogP contribution is 2.24. The molecule has 0 saturated heterocycles. The number of hydrogen-bond acceptors (Lipinski definition) is 3. The molecule has 0 aliphatic rings.